The van der Waals surface area contributed by atoms with Gasteiger partial charge in [-0.25, -0.2) is 4.79 Å². The van der Waals surface area contributed by atoms with Crippen molar-refractivity contribution in [2.75, 3.05) is 6.54 Å². The van der Waals surface area contributed by atoms with E-state index in [-0.39, 0.29) is 18.0 Å². The minimum atomic E-state index is -0.194. The van der Waals surface area contributed by atoms with Gasteiger partial charge < -0.3 is 16.0 Å². The van der Waals surface area contributed by atoms with Crippen LogP contribution in [0.25, 0.3) is 0 Å². The molecule has 138 valence electrons. The van der Waals surface area contributed by atoms with E-state index in [1.165, 1.54) is 5.56 Å². The van der Waals surface area contributed by atoms with E-state index < -0.39 is 0 Å². The van der Waals surface area contributed by atoms with Crippen molar-refractivity contribution in [1.29, 1.82) is 0 Å². The normalized spacial score (nSPS) is 10.4. The summed E-state index contributed by atoms with van der Waals surface area (Å²) in [6.07, 6.45) is 1.85. The molecule has 0 bridgehead atoms. The minimum absolute atomic E-state index is 0.0740. The van der Waals surface area contributed by atoms with Crippen molar-refractivity contribution in [1.82, 2.24) is 16.0 Å². The lowest BCUT2D eigenvalue weighted by molar-refractivity contribution is 0.0953. The molecule has 5 heteroatoms. The van der Waals surface area contributed by atoms with Crippen molar-refractivity contribution in [3.63, 3.8) is 0 Å². The Balaban J connectivity index is 1.71. The predicted octanol–water partition coefficient (Wildman–Crippen LogP) is 3.26. The van der Waals surface area contributed by atoms with Crippen LogP contribution in [0.4, 0.5) is 4.79 Å². The van der Waals surface area contributed by atoms with Crippen molar-refractivity contribution in [2.24, 2.45) is 0 Å². The molecule has 2 aromatic carbocycles. The predicted molar refractivity (Wildman–Crippen MR) is 104 cm³/mol. The molecular weight excluding hydrogens is 326 g/mol. The van der Waals surface area contributed by atoms with Gasteiger partial charge in [0.15, 0.2) is 0 Å². The molecule has 0 saturated carbocycles. The van der Waals surface area contributed by atoms with E-state index in [0.717, 1.165) is 18.4 Å². The van der Waals surface area contributed by atoms with Gasteiger partial charge in [-0.05, 0) is 49.9 Å². The molecule has 0 aliphatic carbocycles. The molecule has 0 aliphatic rings. The lowest BCUT2D eigenvalue weighted by atomic mass is 10.1. The van der Waals surface area contributed by atoms with Crippen LogP contribution in [0.2, 0.25) is 0 Å². The van der Waals surface area contributed by atoms with Crippen LogP contribution in [-0.2, 0) is 13.0 Å². The van der Waals surface area contributed by atoms with E-state index in [2.05, 4.69) is 28.1 Å². The van der Waals surface area contributed by atoms with Crippen LogP contribution in [0.3, 0.4) is 0 Å². The van der Waals surface area contributed by atoms with E-state index in [9.17, 15) is 9.59 Å². The summed E-state index contributed by atoms with van der Waals surface area (Å²) < 4.78 is 0. The zero-order valence-corrected chi connectivity index (χ0v) is 15.4. The lowest BCUT2D eigenvalue weighted by Crippen LogP contribution is -2.39. The minimum Gasteiger partial charge on any atom is -0.352 e. The summed E-state index contributed by atoms with van der Waals surface area (Å²) in [4.78, 5) is 23.7. The summed E-state index contributed by atoms with van der Waals surface area (Å²) in [5.74, 6) is -0.0740. The fourth-order valence-corrected chi connectivity index (χ4v) is 2.51. The molecule has 3 amide bonds. The Hall–Kier alpha value is -2.82. The van der Waals surface area contributed by atoms with E-state index >= 15 is 0 Å². The first kappa shape index (κ1) is 19.5. The van der Waals surface area contributed by atoms with Gasteiger partial charge in [0.2, 0.25) is 0 Å². The lowest BCUT2D eigenvalue weighted by Gasteiger charge is -2.10. The Morgan fingerprint density at radius 1 is 0.885 bits per heavy atom. The maximum absolute atomic E-state index is 12.2. The number of hydrogen-bond acceptors (Lipinski definition) is 2. The number of aryl methyl sites for hydroxylation is 1. The molecule has 2 aromatic rings. The first-order valence-electron chi connectivity index (χ1n) is 9.00. The van der Waals surface area contributed by atoms with Gasteiger partial charge in [-0.2, -0.15) is 0 Å². The van der Waals surface area contributed by atoms with E-state index in [0.29, 0.717) is 18.7 Å². The number of nitrogens with one attached hydrogen (secondary N) is 3. The van der Waals surface area contributed by atoms with E-state index in [1.807, 2.05) is 44.2 Å². The summed E-state index contributed by atoms with van der Waals surface area (Å²) in [7, 11) is 0. The second-order valence-corrected chi connectivity index (χ2v) is 6.52. The summed E-state index contributed by atoms with van der Waals surface area (Å²) in [5.41, 5.74) is 2.85. The largest absolute Gasteiger partial charge is 0.352 e. The monoisotopic (exact) mass is 353 g/mol. The van der Waals surface area contributed by atoms with Crippen molar-refractivity contribution >= 4 is 11.9 Å². The van der Waals surface area contributed by atoms with E-state index in [1.54, 1.807) is 12.1 Å². The fraction of sp³-hybridized carbons (Fsp3) is 0.333. The van der Waals surface area contributed by atoms with Crippen LogP contribution in [0, 0.1) is 0 Å². The maximum atomic E-state index is 12.2. The highest BCUT2D eigenvalue weighted by molar-refractivity contribution is 5.94. The number of hydrogen-bond donors (Lipinski definition) is 3. The van der Waals surface area contributed by atoms with Crippen molar-refractivity contribution in [3.8, 4) is 0 Å². The Morgan fingerprint density at radius 2 is 1.58 bits per heavy atom. The first-order valence-corrected chi connectivity index (χ1v) is 9.00. The second-order valence-electron chi connectivity index (χ2n) is 6.52. The fourth-order valence-electron chi connectivity index (χ4n) is 2.51. The quantitative estimate of drug-likeness (QED) is 0.638. The van der Waals surface area contributed by atoms with Crippen molar-refractivity contribution in [2.45, 2.75) is 39.3 Å². The highest BCUT2D eigenvalue weighted by atomic mass is 16.2. The van der Waals surface area contributed by atoms with Crippen LogP contribution in [-0.4, -0.2) is 24.5 Å². The molecule has 0 heterocycles. The van der Waals surface area contributed by atoms with Crippen molar-refractivity contribution in [3.05, 3.63) is 71.3 Å². The summed E-state index contributed by atoms with van der Waals surface area (Å²) >= 11 is 0. The summed E-state index contributed by atoms with van der Waals surface area (Å²) in [6.45, 7) is 4.89. The first-order chi connectivity index (χ1) is 12.5. The third-order valence-electron chi connectivity index (χ3n) is 3.86. The maximum Gasteiger partial charge on any atom is 0.315 e. The number of urea groups is 1. The van der Waals surface area contributed by atoms with Crippen LogP contribution >= 0.6 is 0 Å². The van der Waals surface area contributed by atoms with Gasteiger partial charge in [-0.3, -0.25) is 4.79 Å². The molecule has 26 heavy (non-hydrogen) atoms. The summed E-state index contributed by atoms with van der Waals surface area (Å²) in [6, 6.07) is 17.4. The molecular formula is C21H27N3O2. The second kappa shape index (κ2) is 10.2. The topological polar surface area (TPSA) is 70.2 Å². The Morgan fingerprint density at radius 3 is 2.23 bits per heavy atom. The van der Waals surface area contributed by atoms with Crippen LogP contribution < -0.4 is 16.0 Å². The molecule has 0 aliphatic heterocycles. The molecule has 0 spiro atoms. The van der Waals surface area contributed by atoms with Gasteiger partial charge in [-0.1, -0.05) is 42.5 Å². The van der Waals surface area contributed by atoms with Crippen LogP contribution in [0.15, 0.2) is 54.6 Å². The Bertz CT molecular complexity index is 697. The van der Waals surface area contributed by atoms with Crippen molar-refractivity contribution < 1.29 is 9.59 Å². The van der Waals surface area contributed by atoms with E-state index in [4.69, 9.17) is 0 Å². The number of benzene rings is 2. The standard InChI is InChI=1S/C21H27N3O2/c1-16(2)24-21(26)23-15-18-10-12-19(13-11-18)20(25)22-14-6-9-17-7-4-3-5-8-17/h3-5,7-8,10-13,16H,6,9,14-15H2,1-2H3,(H,22,25)(H2,23,24,26). The molecule has 0 aromatic heterocycles. The van der Waals surface area contributed by atoms with Gasteiger partial charge in [0.25, 0.3) is 5.91 Å². The van der Waals surface area contributed by atoms with Gasteiger partial charge >= 0.3 is 6.03 Å². The molecule has 0 saturated heterocycles. The number of carbonyl (C=O) groups is 2. The van der Waals surface area contributed by atoms with Crippen LogP contribution in [0.5, 0.6) is 0 Å². The molecule has 0 unspecified atom stereocenters. The van der Waals surface area contributed by atoms with Crippen LogP contribution in [0.1, 0.15) is 41.8 Å². The van der Waals surface area contributed by atoms with Gasteiger partial charge in [-0.15, -0.1) is 0 Å². The third kappa shape index (κ3) is 6.97. The number of amides is 3. The number of carbonyl (C=O) groups excluding carboxylic acids is 2. The van der Waals surface area contributed by atoms with Gasteiger partial charge in [0.05, 0.1) is 0 Å². The third-order valence-corrected chi connectivity index (χ3v) is 3.86. The Labute approximate surface area is 155 Å². The Kier molecular flexibility index (Phi) is 7.68. The number of rotatable bonds is 8. The highest BCUT2D eigenvalue weighted by Gasteiger charge is 2.06. The molecule has 3 N–H and O–H groups in total. The smallest absolute Gasteiger partial charge is 0.315 e. The average Bonchev–Trinajstić information content (AvgIpc) is 2.64. The molecule has 0 radical (unpaired) electrons. The molecule has 0 atom stereocenters. The molecule has 0 fully saturated rings. The molecule has 2 rings (SSSR count). The SMILES string of the molecule is CC(C)NC(=O)NCc1ccc(C(=O)NCCCc2ccccc2)cc1. The average molecular weight is 353 g/mol. The zero-order chi connectivity index (χ0) is 18.8. The highest BCUT2D eigenvalue weighted by Crippen LogP contribution is 2.05. The molecule has 5 nitrogen and oxygen atoms in total. The van der Waals surface area contributed by atoms with Gasteiger partial charge in [0, 0.05) is 24.7 Å². The zero-order valence-electron chi connectivity index (χ0n) is 15.4. The van der Waals surface area contributed by atoms with Gasteiger partial charge in [0.1, 0.15) is 0 Å². The summed E-state index contributed by atoms with van der Waals surface area (Å²) in [5, 5.41) is 8.50.